The molecule has 0 saturated heterocycles. The third kappa shape index (κ3) is 3.39. The number of anilines is 2. The molecule has 2 aromatic rings. The Bertz CT molecular complexity index is 678. The number of aryl methyl sites for hydroxylation is 1. The van der Waals surface area contributed by atoms with E-state index in [1.807, 2.05) is 6.92 Å². The molecule has 5 heteroatoms. The van der Waals surface area contributed by atoms with E-state index in [1.54, 1.807) is 42.5 Å². The van der Waals surface area contributed by atoms with Gasteiger partial charge in [-0.2, -0.15) is 0 Å². The van der Waals surface area contributed by atoms with Crippen LogP contribution in [0.3, 0.4) is 0 Å². The van der Waals surface area contributed by atoms with E-state index in [2.05, 4.69) is 10.1 Å². The first kappa shape index (κ1) is 14.6. The van der Waals surface area contributed by atoms with Gasteiger partial charge in [0.25, 0.3) is 5.91 Å². The fraction of sp³-hybridized carbons (Fsp3) is 0.125. The van der Waals surface area contributed by atoms with Gasteiger partial charge in [-0.05, 0) is 48.9 Å². The van der Waals surface area contributed by atoms with Crippen LogP contribution >= 0.6 is 0 Å². The minimum Gasteiger partial charge on any atom is -0.465 e. The number of hydrogen-bond donors (Lipinski definition) is 2. The van der Waals surface area contributed by atoms with Crippen molar-refractivity contribution in [3.63, 3.8) is 0 Å². The average molecular weight is 284 g/mol. The van der Waals surface area contributed by atoms with E-state index in [0.29, 0.717) is 22.5 Å². The van der Waals surface area contributed by atoms with Crippen LogP contribution in [-0.2, 0) is 4.74 Å². The van der Waals surface area contributed by atoms with E-state index in [1.165, 1.54) is 7.11 Å². The second-order valence-corrected chi connectivity index (χ2v) is 4.60. The Morgan fingerprint density at radius 1 is 1.05 bits per heavy atom. The predicted octanol–water partition coefficient (Wildman–Crippen LogP) is 2.62. The van der Waals surface area contributed by atoms with Gasteiger partial charge < -0.3 is 15.8 Å². The molecule has 0 aromatic heterocycles. The number of esters is 1. The quantitative estimate of drug-likeness (QED) is 0.670. The van der Waals surface area contributed by atoms with Gasteiger partial charge >= 0.3 is 5.97 Å². The highest BCUT2D eigenvalue weighted by atomic mass is 16.5. The van der Waals surface area contributed by atoms with Crippen LogP contribution in [0.15, 0.2) is 42.5 Å². The first-order valence-corrected chi connectivity index (χ1v) is 6.37. The summed E-state index contributed by atoms with van der Waals surface area (Å²) in [6.45, 7) is 1.85. The number of nitrogens with two attached hydrogens (primary N) is 1. The molecule has 0 radical (unpaired) electrons. The maximum atomic E-state index is 12.2. The van der Waals surface area contributed by atoms with Crippen molar-refractivity contribution in [3.05, 3.63) is 59.2 Å². The second kappa shape index (κ2) is 6.09. The van der Waals surface area contributed by atoms with Gasteiger partial charge in [0.15, 0.2) is 0 Å². The van der Waals surface area contributed by atoms with Gasteiger partial charge in [-0.3, -0.25) is 4.79 Å². The van der Waals surface area contributed by atoms with Crippen LogP contribution in [0.2, 0.25) is 0 Å². The summed E-state index contributed by atoms with van der Waals surface area (Å²) >= 11 is 0. The molecule has 108 valence electrons. The van der Waals surface area contributed by atoms with Crippen LogP contribution in [-0.4, -0.2) is 19.0 Å². The normalized spacial score (nSPS) is 10.0. The molecule has 0 atom stereocenters. The number of nitrogens with one attached hydrogen (secondary N) is 1. The Kier molecular flexibility index (Phi) is 4.23. The summed E-state index contributed by atoms with van der Waals surface area (Å²) < 4.78 is 4.67. The van der Waals surface area contributed by atoms with Crippen molar-refractivity contribution in [1.82, 2.24) is 0 Å². The topological polar surface area (TPSA) is 81.4 Å². The van der Waals surface area contributed by atoms with Crippen molar-refractivity contribution < 1.29 is 14.3 Å². The van der Waals surface area contributed by atoms with Gasteiger partial charge in [0.05, 0.1) is 12.7 Å². The molecule has 0 spiro atoms. The lowest BCUT2D eigenvalue weighted by molar-refractivity contribution is 0.0600. The fourth-order valence-corrected chi connectivity index (χ4v) is 1.83. The Balaban J connectivity index is 2.24. The minimum absolute atomic E-state index is 0.264. The van der Waals surface area contributed by atoms with Crippen LogP contribution < -0.4 is 11.1 Å². The highest BCUT2D eigenvalue weighted by molar-refractivity contribution is 6.05. The molecule has 0 bridgehead atoms. The highest BCUT2D eigenvalue weighted by Gasteiger charge is 2.11. The summed E-state index contributed by atoms with van der Waals surface area (Å²) in [6.07, 6.45) is 0. The van der Waals surface area contributed by atoms with E-state index in [-0.39, 0.29) is 5.91 Å². The maximum absolute atomic E-state index is 12.2. The van der Waals surface area contributed by atoms with Gasteiger partial charge in [0.2, 0.25) is 0 Å². The number of rotatable bonds is 3. The van der Waals surface area contributed by atoms with E-state index < -0.39 is 5.97 Å². The molecular formula is C16H16N2O3. The molecular weight excluding hydrogens is 268 g/mol. The van der Waals surface area contributed by atoms with Crippen molar-refractivity contribution in [3.8, 4) is 0 Å². The van der Waals surface area contributed by atoms with Crippen molar-refractivity contribution in [1.29, 1.82) is 0 Å². The third-order valence-electron chi connectivity index (χ3n) is 3.08. The lowest BCUT2D eigenvalue weighted by Crippen LogP contribution is -2.13. The van der Waals surface area contributed by atoms with E-state index in [9.17, 15) is 9.59 Å². The maximum Gasteiger partial charge on any atom is 0.337 e. The molecule has 0 fully saturated rings. The molecule has 0 aliphatic heterocycles. The molecule has 0 aliphatic rings. The molecule has 2 aromatic carbocycles. The number of ether oxygens (including phenoxy) is 1. The first-order valence-electron chi connectivity index (χ1n) is 6.37. The number of carbonyl (C=O) groups is 2. The number of hydrogen-bond acceptors (Lipinski definition) is 4. The Morgan fingerprint density at radius 2 is 1.67 bits per heavy atom. The zero-order valence-electron chi connectivity index (χ0n) is 11.8. The fourth-order valence-electron chi connectivity index (χ4n) is 1.83. The van der Waals surface area contributed by atoms with Gasteiger partial charge in [0.1, 0.15) is 0 Å². The van der Waals surface area contributed by atoms with Crippen LogP contribution in [0.1, 0.15) is 26.3 Å². The average Bonchev–Trinajstić information content (AvgIpc) is 2.49. The van der Waals surface area contributed by atoms with Gasteiger partial charge in [0, 0.05) is 16.9 Å². The minimum atomic E-state index is -0.446. The highest BCUT2D eigenvalue weighted by Crippen LogP contribution is 2.19. The smallest absolute Gasteiger partial charge is 0.337 e. The third-order valence-corrected chi connectivity index (χ3v) is 3.08. The van der Waals surface area contributed by atoms with E-state index >= 15 is 0 Å². The van der Waals surface area contributed by atoms with Crippen LogP contribution in [0.25, 0.3) is 0 Å². The van der Waals surface area contributed by atoms with Gasteiger partial charge in [-0.25, -0.2) is 4.79 Å². The molecule has 2 rings (SSSR count). The first-order chi connectivity index (χ1) is 10.0. The second-order valence-electron chi connectivity index (χ2n) is 4.60. The summed E-state index contributed by atoms with van der Waals surface area (Å²) in [5.41, 5.74) is 8.48. The summed E-state index contributed by atoms with van der Waals surface area (Å²) in [6, 6.07) is 11.6. The SMILES string of the molecule is COC(=O)c1ccc(C)c(NC(=O)c2ccc(N)cc2)c1. The van der Waals surface area contributed by atoms with Crippen molar-refractivity contribution in [2.24, 2.45) is 0 Å². The Labute approximate surface area is 122 Å². The molecule has 0 unspecified atom stereocenters. The monoisotopic (exact) mass is 284 g/mol. The Hall–Kier alpha value is -2.82. The standard InChI is InChI=1S/C16H16N2O3/c1-10-3-4-12(16(20)21-2)9-14(10)18-15(19)11-5-7-13(17)8-6-11/h3-9H,17H2,1-2H3,(H,18,19). The summed E-state index contributed by atoms with van der Waals surface area (Å²) in [5.74, 6) is -0.710. The lowest BCUT2D eigenvalue weighted by atomic mass is 10.1. The number of methoxy groups -OCH3 is 1. The zero-order chi connectivity index (χ0) is 15.4. The molecule has 3 N–H and O–H groups in total. The van der Waals surface area contributed by atoms with Crippen LogP contribution in [0.5, 0.6) is 0 Å². The molecule has 0 heterocycles. The van der Waals surface area contributed by atoms with E-state index in [0.717, 1.165) is 5.56 Å². The number of carbonyl (C=O) groups excluding carboxylic acids is 2. The summed E-state index contributed by atoms with van der Waals surface area (Å²) in [4.78, 5) is 23.7. The van der Waals surface area contributed by atoms with Crippen molar-refractivity contribution >= 4 is 23.3 Å². The largest absolute Gasteiger partial charge is 0.465 e. The van der Waals surface area contributed by atoms with Gasteiger partial charge in [-0.1, -0.05) is 6.07 Å². The van der Waals surface area contributed by atoms with Crippen LogP contribution in [0, 0.1) is 6.92 Å². The summed E-state index contributed by atoms with van der Waals surface area (Å²) in [7, 11) is 1.31. The van der Waals surface area contributed by atoms with Crippen molar-refractivity contribution in [2.75, 3.05) is 18.2 Å². The number of benzene rings is 2. The zero-order valence-corrected chi connectivity index (χ0v) is 11.8. The lowest BCUT2D eigenvalue weighted by Gasteiger charge is -2.10. The Morgan fingerprint density at radius 3 is 2.29 bits per heavy atom. The molecule has 1 amide bonds. The molecule has 21 heavy (non-hydrogen) atoms. The summed E-state index contributed by atoms with van der Waals surface area (Å²) in [5, 5.41) is 2.78. The van der Waals surface area contributed by atoms with Crippen LogP contribution in [0.4, 0.5) is 11.4 Å². The molecule has 5 nitrogen and oxygen atoms in total. The molecule has 0 saturated carbocycles. The van der Waals surface area contributed by atoms with Gasteiger partial charge in [-0.15, -0.1) is 0 Å². The van der Waals surface area contributed by atoms with E-state index in [4.69, 9.17) is 5.73 Å². The molecule has 0 aliphatic carbocycles. The number of nitrogen functional groups attached to an aromatic ring is 1. The predicted molar refractivity (Wildman–Crippen MR) is 81.3 cm³/mol. The number of amides is 1. The van der Waals surface area contributed by atoms with Crippen molar-refractivity contribution in [2.45, 2.75) is 6.92 Å².